The van der Waals surface area contributed by atoms with Crippen molar-refractivity contribution in [3.05, 3.63) is 38.9 Å². The van der Waals surface area contributed by atoms with Crippen LogP contribution in [0.25, 0.3) is 0 Å². The highest BCUT2D eigenvalue weighted by Crippen LogP contribution is 2.26. The van der Waals surface area contributed by atoms with Gasteiger partial charge in [-0.05, 0) is 31.0 Å². The van der Waals surface area contributed by atoms with Gasteiger partial charge in [0.05, 0.1) is 11.0 Å². The van der Waals surface area contributed by atoms with Crippen molar-refractivity contribution in [2.75, 3.05) is 6.54 Å². The number of piperidine rings is 1. The largest absolute Gasteiger partial charge is 0.368 e. The van der Waals surface area contributed by atoms with Crippen LogP contribution >= 0.6 is 11.6 Å². The first-order valence-electron chi connectivity index (χ1n) is 6.45. The third kappa shape index (κ3) is 3.26. The third-order valence-electron chi connectivity index (χ3n) is 3.56. The van der Waals surface area contributed by atoms with E-state index >= 15 is 0 Å². The molecule has 2 rings (SSSR count). The number of amides is 1. The Morgan fingerprint density at radius 3 is 2.90 bits per heavy atom. The van der Waals surface area contributed by atoms with Crippen LogP contribution in [-0.2, 0) is 11.3 Å². The van der Waals surface area contributed by atoms with E-state index in [4.69, 9.17) is 17.3 Å². The molecule has 1 heterocycles. The summed E-state index contributed by atoms with van der Waals surface area (Å²) in [5, 5.41) is 11.3. The maximum Gasteiger partial charge on any atom is 0.269 e. The lowest BCUT2D eigenvalue weighted by Gasteiger charge is -2.33. The number of benzene rings is 1. The van der Waals surface area contributed by atoms with Crippen LogP contribution in [0.15, 0.2) is 18.2 Å². The monoisotopic (exact) mass is 297 g/mol. The molecule has 6 nitrogen and oxygen atoms in total. The Balaban J connectivity index is 2.21. The van der Waals surface area contributed by atoms with Crippen molar-refractivity contribution in [1.29, 1.82) is 0 Å². The lowest BCUT2D eigenvalue weighted by atomic mass is 10.0. The SMILES string of the molecule is NC(=O)C1CCCCN1Cc1cc([N+](=O)[O-])ccc1Cl. The Morgan fingerprint density at radius 1 is 1.50 bits per heavy atom. The van der Waals surface area contributed by atoms with Gasteiger partial charge in [0.25, 0.3) is 5.69 Å². The molecule has 1 aromatic carbocycles. The van der Waals surface area contributed by atoms with Gasteiger partial charge in [0.2, 0.25) is 5.91 Å². The average molecular weight is 298 g/mol. The second kappa shape index (κ2) is 6.19. The highest BCUT2D eigenvalue weighted by Gasteiger charge is 2.27. The Bertz CT molecular complexity index is 536. The molecule has 0 bridgehead atoms. The van der Waals surface area contributed by atoms with Crippen LogP contribution in [0.5, 0.6) is 0 Å². The highest BCUT2D eigenvalue weighted by atomic mass is 35.5. The minimum absolute atomic E-state index is 0.00275. The fraction of sp³-hybridized carbons (Fsp3) is 0.462. The van der Waals surface area contributed by atoms with Crippen molar-refractivity contribution in [2.24, 2.45) is 5.73 Å². The van der Waals surface area contributed by atoms with Crippen LogP contribution in [-0.4, -0.2) is 28.3 Å². The smallest absolute Gasteiger partial charge is 0.269 e. The maximum atomic E-state index is 11.5. The van der Waals surface area contributed by atoms with Crippen LogP contribution in [0.2, 0.25) is 5.02 Å². The predicted octanol–water partition coefficient (Wildman–Crippen LogP) is 2.09. The molecular formula is C13H16ClN3O3. The van der Waals surface area contributed by atoms with Gasteiger partial charge in [0.1, 0.15) is 0 Å². The number of hydrogen-bond donors (Lipinski definition) is 1. The molecule has 1 aliphatic heterocycles. The van der Waals surface area contributed by atoms with E-state index in [0.717, 1.165) is 25.8 Å². The topological polar surface area (TPSA) is 89.5 Å². The minimum atomic E-state index is -0.457. The summed E-state index contributed by atoms with van der Waals surface area (Å²) in [5.74, 6) is -0.355. The summed E-state index contributed by atoms with van der Waals surface area (Å²) in [6, 6.07) is 4.01. The molecule has 1 unspecified atom stereocenters. The highest BCUT2D eigenvalue weighted by molar-refractivity contribution is 6.31. The lowest BCUT2D eigenvalue weighted by molar-refractivity contribution is -0.384. The molecule has 0 saturated carbocycles. The minimum Gasteiger partial charge on any atom is -0.368 e. The number of rotatable bonds is 4. The summed E-state index contributed by atoms with van der Waals surface area (Å²) >= 11 is 6.08. The Hall–Kier alpha value is -1.66. The summed E-state index contributed by atoms with van der Waals surface area (Å²) in [6.45, 7) is 1.14. The standard InChI is InChI=1S/C13H16ClN3O3/c14-11-5-4-10(17(19)20)7-9(11)8-16-6-2-1-3-12(16)13(15)18/h4-5,7,12H,1-3,6,8H2,(H2,15,18). The number of nitro benzene ring substituents is 1. The zero-order chi connectivity index (χ0) is 14.7. The van der Waals surface area contributed by atoms with Crippen LogP contribution in [0.3, 0.4) is 0 Å². The molecular weight excluding hydrogens is 282 g/mol. The first-order valence-corrected chi connectivity index (χ1v) is 6.83. The first-order chi connectivity index (χ1) is 9.49. The molecule has 1 fully saturated rings. The van der Waals surface area contributed by atoms with Crippen LogP contribution in [0.4, 0.5) is 5.69 Å². The maximum absolute atomic E-state index is 11.5. The lowest BCUT2D eigenvalue weighted by Crippen LogP contribution is -2.47. The number of nitrogens with zero attached hydrogens (tertiary/aromatic N) is 2. The number of carbonyl (C=O) groups excluding carboxylic acids is 1. The number of non-ortho nitro benzene ring substituents is 1. The van der Waals surface area contributed by atoms with Gasteiger partial charge in [-0.1, -0.05) is 18.0 Å². The molecule has 1 saturated heterocycles. The molecule has 20 heavy (non-hydrogen) atoms. The molecule has 1 atom stereocenters. The molecule has 1 amide bonds. The van der Waals surface area contributed by atoms with Gasteiger partial charge in [0.15, 0.2) is 0 Å². The van der Waals surface area contributed by atoms with Gasteiger partial charge < -0.3 is 5.73 Å². The van der Waals surface area contributed by atoms with Gasteiger partial charge in [-0.15, -0.1) is 0 Å². The number of carbonyl (C=O) groups is 1. The van der Waals surface area contributed by atoms with Crippen LogP contribution in [0, 0.1) is 10.1 Å². The Morgan fingerprint density at radius 2 is 2.25 bits per heavy atom. The van der Waals surface area contributed by atoms with Crippen molar-refractivity contribution in [2.45, 2.75) is 31.8 Å². The van der Waals surface area contributed by atoms with E-state index in [1.165, 1.54) is 18.2 Å². The van der Waals surface area contributed by atoms with E-state index in [2.05, 4.69) is 0 Å². The quantitative estimate of drug-likeness (QED) is 0.680. The molecule has 0 aliphatic carbocycles. The van der Waals surface area contributed by atoms with Gasteiger partial charge in [-0.25, -0.2) is 0 Å². The molecule has 108 valence electrons. The normalized spacial score (nSPS) is 19.8. The molecule has 1 aliphatic rings. The van der Waals surface area contributed by atoms with E-state index < -0.39 is 4.92 Å². The fourth-order valence-electron chi connectivity index (χ4n) is 2.52. The zero-order valence-electron chi connectivity index (χ0n) is 10.9. The van der Waals surface area contributed by atoms with Crippen molar-refractivity contribution in [1.82, 2.24) is 4.90 Å². The van der Waals surface area contributed by atoms with Crippen molar-refractivity contribution in [3.8, 4) is 0 Å². The van der Waals surface area contributed by atoms with Crippen LogP contribution < -0.4 is 5.73 Å². The van der Waals surface area contributed by atoms with E-state index in [0.29, 0.717) is 17.1 Å². The fourth-order valence-corrected chi connectivity index (χ4v) is 2.69. The number of likely N-dealkylation sites (tertiary alicyclic amines) is 1. The molecule has 0 spiro atoms. The first kappa shape index (κ1) is 14.7. The number of nitro groups is 1. The number of primary amides is 1. The average Bonchev–Trinajstić information content (AvgIpc) is 2.41. The van der Waals surface area contributed by atoms with Crippen molar-refractivity contribution < 1.29 is 9.72 Å². The second-order valence-corrected chi connectivity index (χ2v) is 5.32. The summed E-state index contributed by atoms with van der Waals surface area (Å²) in [4.78, 5) is 23.7. The van der Waals surface area contributed by atoms with Crippen molar-refractivity contribution >= 4 is 23.2 Å². The van der Waals surface area contributed by atoms with Crippen LogP contribution in [0.1, 0.15) is 24.8 Å². The van der Waals surface area contributed by atoms with Gasteiger partial charge in [0, 0.05) is 23.7 Å². The second-order valence-electron chi connectivity index (χ2n) is 4.92. The summed E-state index contributed by atoms with van der Waals surface area (Å²) < 4.78 is 0. The van der Waals surface area contributed by atoms with E-state index in [1.807, 2.05) is 4.90 Å². The van der Waals surface area contributed by atoms with E-state index in [1.54, 1.807) is 0 Å². The van der Waals surface area contributed by atoms with Gasteiger partial charge in [-0.3, -0.25) is 19.8 Å². The zero-order valence-corrected chi connectivity index (χ0v) is 11.7. The van der Waals surface area contributed by atoms with Gasteiger partial charge in [-0.2, -0.15) is 0 Å². The molecule has 1 aromatic rings. The third-order valence-corrected chi connectivity index (χ3v) is 3.92. The molecule has 0 aromatic heterocycles. The summed E-state index contributed by atoms with van der Waals surface area (Å²) in [5.41, 5.74) is 6.05. The Kier molecular flexibility index (Phi) is 4.57. The molecule has 2 N–H and O–H groups in total. The predicted molar refractivity (Wildman–Crippen MR) is 75.3 cm³/mol. The summed E-state index contributed by atoms with van der Waals surface area (Å²) in [7, 11) is 0. The van der Waals surface area contributed by atoms with Crippen molar-refractivity contribution in [3.63, 3.8) is 0 Å². The van der Waals surface area contributed by atoms with E-state index in [9.17, 15) is 14.9 Å². The molecule has 0 radical (unpaired) electrons. The number of halogens is 1. The number of nitrogens with two attached hydrogens (primary N) is 1. The van der Waals surface area contributed by atoms with E-state index in [-0.39, 0.29) is 17.6 Å². The summed E-state index contributed by atoms with van der Waals surface area (Å²) in [6.07, 6.45) is 2.67. The number of hydrogen-bond acceptors (Lipinski definition) is 4. The van der Waals surface area contributed by atoms with Gasteiger partial charge >= 0.3 is 0 Å². The Labute approximate surface area is 121 Å². The molecule has 7 heteroatoms.